The number of nitrogens with one attached hydrogen (secondary N) is 1. The number of Topliss-reactive ketones (excluding diaryl/α,β-unsaturated/α-hetero) is 1. The van der Waals surface area contributed by atoms with Crippen molar-refractivity contribution in [2.75, 3.05) is 19.7 Å². The molecule has 2 fully saturated rings. The van der Waals surface area contributed by atoms with E-state index in [-0.39, 0.29) is 11.7 Å². The van der Waals surface area contributed by atoms with Gasteiger partial charge in [-0.1, -0.05) is 26.0 Å². The molecule has 1 saturated heterocycles. The van der Waals surface area contributed by atoms with Crippen molar-refractivity contribution in [1.29, 1.82) is 0 Å². The molecule has 6 nitrogen and oxygen atoms in total. The fourth-order valence-electron chi connectivity index (χ4n) is 4.26. The third kappa shape index (κ3) is 6.43. The lowest BCUT2D eigenvalue weighted by atomic mass is 10.0. The normalized spacial score (nSPS) is 19.2. The van der Waals surface area contributed by atoms with Crippen molar-refractivity contribution < 1.29 is 17.9 Å². The Hall–Kier alpha value is -2.22. The first kappa shape index (κ1) is 23.9. The van der Waals surface area contributed by atoms with Crippen LogP contribution >= 0.6 is 0 Å². The molecule has 1 aliphatic carbocycles. The minimum Gasteiger partial charge on any atom is -0.494 e. The van der Waals surface area contributed by atoms with E-state index in [9.17, 15) is 13.2 Å². The molecular weight excluding hydrogens is 436 g/mol. The third-order valence-corrected chi connectivity index (χ3v) is 7.90. The van der Waals surface area contributed by atoms with Gasteiger partial charge in [0.15, 0.2) is 5.78 Å². The number of sulfonamides is 1. The van der Waals surface area contributed by atoms with Gasteiger partial charge in [-0.25, -0.2) is 13.4 Å². The molecule has 0 spiro atoms. The number of carbonyl (C=O) groups excluding carboxylic acids is 1. The van der Waals surface area contributed by atoms with Crippen molar-refractivity contribution in [2.45, 2.75) is 56.8 Å². The van der Waals surface area contributed by atoms with Gasteiger partial charge < -0.3 is 4.74 Å². The Morgan fingerprint density at radius 3 is 2.39 bits per heavy atom. The molecule has 0 unspecified atom stereocenters. The second-order valence-corrected chi connectivity index (χ2v) is 11.2. The molecule has 1 saturated carbocycles. The fourth-order valence-corrected chi connectivity index (χ4v) is 5.37. The highest BCUT2D eigenvalue weighted by atomic mass is 32.2. The Balaban J connectivity index is 1.17. The van der Waals surface area contributed by atoms with Gasteiger partial charge in [0.25, 0.3) is 10.0 Å². The summed E-state index contributed by atoms with van der Waals surface area (Å²) in [7, 11) is -3.55. The summed E-state index contributed by atoms with van der Waals surface area (Å²) in [5, 5.41) is 1.81. The van der Waals surface area contributed by atoms with Crippen LogP contribution in [0.25, 0.3) is 0 Å². The molecule has 7 heteroatoms. The maximum absolute atomic E-state index is 12.7. The average Bonchev–Trinajstić information content (AvgIpc) is 3.57. The molecule has 33 heavy (non-hydrogen) atoms. The van der Waals surface area contributed by atoms with Crippen molar-refractivity contribution >= 4 is 15.8 Å². The van der Waals surface area contributed by atoms with E-state index in [1.54, 1.807) is 12.1 Å². The monoisotopic (exact) mass is 470 g/mol. The van der Waals surface area contributed by atoms with E-state index in [4.69, 9.17) is 4.74 Å². The highest BCUT2D eigenvalue weighted by molar-refractivity contribution is 7.89. The number of carbonyl (C=O) groups is 1. The molecule has 2 aromatic carbocycles. The van der Waals surface area contributed by atoms with E-state index < -0.39 is 10.0 Å². The molecule has 0 aromatic heterocycles. The first-order valence-corrected chi connectivity index (χ1v) is 13.4. The van der Waals surface area contributed by atoms with Gasteiger partial charge in [-0.15, -0.1) is 4.83 Å². The molecule has 0 radical (unpaired) electrons. The summed E-state index contributed by atoms with van der Waals surface area (Å²) in [6.07, 6.45) is 4.89. The van der Waals surface area contributed by atoms with Crippen LogP contribution in [-0.2, 0) is 10.0 Å². The van der Waals surface area contributed by atoms with Gasteiger partial charge in [0, 0.05) is 24.6 Å². The topological polar surface area (TPSA) is 75.7 Å². The maximum atomic E-state index is 12.7. The molecule has 0 amide bonds. The Morgan fingerprint density at radius 2 is 1.76 bits per heavy atom. The standard InChI is InChI=1S/C26H34N2O4S/c1-19(2)21-9-13-25(14-10-21)33(30,31)27-28-16-15-20(18-28)4-3-17-32-24-11-7-23(8-12-24)26(29)22-5-6-22/h7-14,19-20,22,27H,3-6,15-18H2,1-2H3/t20-/m1/s1. The predicted molar refractivity (Wildman–Crippen MR) is 129 cm³/mol. The summed E-state index contributed by atoms with van der Waals surface area (Å²) < 4.78 is 31.2. The van der Waals surface area contributed by atoms with Gasteiger partial charge in [0.05, 0.1) is 11.5 Å². The van der Waals surface area contributed by atoms with E-state index in [1.165, 1.54) is 0 Å². The summed E-state index contributed by atoms with van der Waals surface area (Å²) >= 11 is 0. The molecule has 1 N–H and O–H groups in total. The fraction of sp³-hybridized carbons (Fsp3) is 0.500. The third-order valence-electron chi connectivity index (χ3n) is 6.50. The van der Waals surface area contributed by atoms with Crippen molar-refractivity contribution in [3.05, 3.63) is 59.7 Å². The Labute approximate surface area is 197 Å². The highest BCUT2D eigenvalue weighted by Crippen LogP contribution is 2.33. The molecule has 2 aliphatic rings. The molecule has 4 rings (SSSR count). The van der Waals surface area contributed by atoms with Crippen LogP contribution in [0.1, 0.15) is 67.8 Å². The van der Waals surface area contributed by atoms with Crippen molar-refractivity contribution in [3.8, 4) is 5.75 Å². The zero-order chi connectivity index (χ0) is 23.4. The summed E-state index contributed by atoms with van der Waals surface area (Å²) in [4.78, 5) is 15.1. The van der Waals surface area contributed by atoms with Gasteiger partial charge in [-0.3, -0.25) is 4.79 Å². The van der Waals surface area contributed by atoms with Crippen molar-refractivity contribution in [1.82, 2.24) is 9.84 Å². The maximum Gasteiger partial charge on any atom is 0.253 e. The lowest BCUT2D eigenvalue weighted by Crippen LogP contribution is -2.40. The first-order chi connectivity index (χ1) is 15.8. The van der Waals surface area contributed by atoms with Crippen LogP contribution < -0.4 is 9.57 Å². The largest absolute Gasteiger partial charge is 0.494 e. The number of rotatable bonds is 11. The van der Waals surface area contributed by atoms with Crippen LogP contribution in [-0.4, -0.2) is 38.9 Å². The van der Waals surface area contributed by atoms with E-state index in [0.717, 1.165) is 49.0 Å². The number of hydrogen-bond acceptors (Lipinski definition) is 5. The molecule has 1 atom stereocenters. The number of nitrogens with zero attached hydrogens (tertiary/aromatic N) is 1. The second-order valence-electron chi connectivity index (χ2n) is 9.57. The van der Waals surface area contributed by atoms with Crippen molar-refractivity contribution in [2.24, 2.45) is 11.8 Å². The number of hydrogen-bond donors (Lipinski definition) is 1. The number of benzene rings is 2. The SMILES string of the molecule is CC(C)c1ccc(S(=O)(=O)NN2CC[C@@H](CCCOc3ccc(C(=O)C4CC4)cc3)C2)cc1. The molecular formula is C26H34N2O4S. The Morgan fingerprint density at radius 1 is 1.06 bits per heavy atom. The number of hydrazine groups is 1. The van der Waals surface area contributed by atoms with Crippen LogP contribution in [0.15, 0.2) is 53.4 Å². The van der Waals surface area contributed by atoms with Gasteiger partial charge in [-0.2, -0.15) is 0 Å². The molecule has 1 heterocycles. The predicted octanol–water partition coefficient (Wildman–Crippen LogP) is 4.78. The van der Waals surface area contributed by atoms with E-state index >= 15 is 0 Å². The Kier molecular flexibility index (Phi) is 7.51. The zero-order valence-electron chi connectivity index (χ0n) is 19.5. The lowest BCUT2D eigenvalue weighted by Gasteiger charge is -2.18. The average molecular weight is 471 g/mol. The summed E-state index contributed by atoms with van der Waals surface area (Å²) in [6, 6.07) is 14.6. The van der Waals surface area contributed by atoms with Crippen LogP contribution in [0.4, 0.5) is 0 Å². The smallest absolute Gasteiger partial charge is 0.253 e. The second kappa shape index (κ2) is 10.4. The van der Waals surface area contributed by atoms with Crippen molar-refractivity contribution in [3.63, 3.8) is 0 Å². The molecule has 0 bridgehead atoms. The van der Waals surface area contributed by atoms with Gasteiger partial charge >= 0.3 is 0 Å². The summed E-state index contributed by atoms with van der Waals surface area (Å²) in [6.45, 7) is 6.21. The quantitative estimate of drug-likeness (QED) is 0.378. The Bertz CT molecular complexity index is 1040. The van der Waals surface area contributed by atoms with Crippen LogP contribution in [0, 0.1) is 11.8 Å². The van der Waals surface area contributed by atoms with E-state index in [2.05, 4.69) is 18.7 Å². The van der Waals surface area contributed by atoms with Crippen LogP contribution in [0.3, 0.4) is 0 Å². The van der Waals surface area contributed by atoms with E-state index in [1.807, 2.05) is 41.4 Å². The molecule has 178 valence electrons. The van der Waals surface area contributed by atoms with Crippen LogP contribution in [0.5, 0.6) is 5.75 Å². The number of ether oxygens (including phenoxy) is 1. The van der Waals surface area contributed by atoms with Gasteiger partial charge in [0.1, 0.15) is 5.75 Å². The van der Waals surface area contributed by atoms with Crippen LogP contribution in [0.2, 0.25) is 0 Å². The minimum absolute atomic E-state index is 0.234. The molecule has 1 aliphatic heterocycles. The van der Waals surface area contributed by atoms with Gasteiger partial charge in [0.2, 0.25) is 0 Å². The van der Waals surface area contributed by atoms with E-state index in [0.29, 0.717) is 36.4 Å². The molecule has 2 aromatic rings. The first-order valence-electron chi connectivity index (χ1n) is 12.0. The lowest BCUT2D eigenvalue weighted by molar-refractivity contribution is 0.0967. The van der Waals surface area contributed by atoms with Gasteiger partial charge in [-0.05, 0) is 85.9 Å². The minimum atomic E-state index is -3.55. The number of ketones is 1. The zero-order valence-corrected chi connectivity index (χ0v) is 20.3. The summed E-state index contributed by atoms with van der Waals surface area (Å²) in [5.74, 6) is 2.08. The summed E-state index contributed by atoms with van der Waals surface area (Å²) in [5.41, 5.74) is 1.90. The highest BCUT2D eigenvalue weighted by Gasteiger charge is 2.30.